The third-order valence-electron chi connectivity index (χ3n) is 4.12. The fraction of sp³-hybridized carbons (Fsp3) is 0.471. The van der Waals surface area contributed by atoms with Crippen molar-refractivity contribution in [2.24, 2.45) is 5.92 Å². The molecular weight excluding hydrogens is 376 g/mol. The summed E-state index contributed by atoms with van der Waals surface area (Å²) in [4.78, 5) is 12.0. The molecule has 25 heavy (non-hydrogen) atoms. The number of hydrogen-bond acceptors (Lipinski definition) is 6. The van der Waals surface area contributed by atoms with Crippen molar-refractivity contribution in [1.29, 1.82) is 0 Å². The molecule has 134 valence electrons. The number of anilines is 2. The van der Waals surface area contributed by atoms with Crippen LogP contribution in [-0.2, 0) is 4.79 Å². The van der Waals surface area contributed by atoms with Crippen LogP contribution in [0.25, 0.3) is 0 Å². The maximum absolute atomic E-state index is 12.0. The van der Waals surface area contributed by atoms with Gasteiger partial charge in [0.25, 0.3) is 0 Å². The molecular formula is C17H21ClN4OS2. The lowest BCUT2D eigenvalue weighted by atomic mass is 9.89. The standard InChI is InChI=1S/C17H21ClN4OS2/c18-13-7-4-8-14(9-13)20-16-21-22-17(25-16)24-11-15(23)19-10-12-5-2-1-3-6-12/h4,7-9,12H,1-3,5-6,10-11H2,(H,19,23)(H,20,21). The second-order valence-corrected chi connectivity index (χ2v) is 8.74. The number of nitrogens with zero attached hydrogens (tertiary/aromatic N) is 2. The smallest absolute Gasteiger partial charge is 0.230 e. The van der Waals surface area contributed by atoms with Crippen molar-refractivity contribution in [2.75, 3.05) is 17.6 Å². The van der Waals surface area contributed by atoms with E-state index in [1.165, 1.54) is 55.2 Å². The fourth-order valence-corrected chi connectivity index (χ4v) is 4.63. The zero-order valence-corrected chi connectivity index (χ0v) is 16.2. The van der Waals surface area contributed by atoms with E-state index in [0.717, 1.165) is 16.6 Å². The van der Waals surface area contributed by atoms with Gasteiger partial charge in [-0.2, -0.15) is 0 Å². The number of thioether (sulfide) groups is 1. The van der Waals surface area contributed by atoms with Crippen molar-refractivity contribution in [2.45, 2.75) is 36.4 Å². The van der Waals surface area contributed by atoms with Crippen molar-refractivity contribution in [3.05, 3.63) is 29.3 Å². The van der Waals surface area contributed by atoms with E-state index >= 15 is 0 Å². The molecule has 8 heteroatoms. The number of hydrogen-bond donors (Lipinski definition) is 2. The molecule has 1 fully saturated rings. The predicted molar refractivity (Wildman–Crippen MR) is 105 cm³/mol. The molecule has 1 heterocycles. The molecule has 1 aromatic carbocycles. The van der Waals surface area contributed by atoms with E-state index in [9.17, 15) is 4.79 Å². The number of rotatable bonds is 7. The van der Waals surface area contributed by atoms with Gasteiger partial charge in [-0.1, -0.05) is 60.0 Å². The Kier molecular flexibility index (Phi) is 6.95. The summed E-state index contributed by atoms with van der Waals surface area (Å²) < 4.78 is 0.775. The summed E-state index contributed by atoms with van der Waals surface area (Å²) in [6, 6.07) is 7.44. The highest BCUT2D eigenvalue weighted by atomic mass is 35.5. The van der Waals surface area contributed by atoms with Crippen LogP contribution in [0.2, 0.25) is 5.02 Å². The Hall–Kier alpha value is -1.31. The molecule has 2 aromatic rings. The molecule has 0 saturated heterocycles. The predicted octanol–water partition coefficient (Wildman–Crippen LogP) is 4.72. The summed E-state index contributed by atoms with van der Waals surface area (Å²) in [7, 11) is 0. The highest BCUT2D eigenvalue weighted by molar-refractivity contribution is 8.01. The largest absolute Gasteiger partial charge is 0.355 e. The normalized spacial score (nSPS) is 15.1. The van der Waals surface area contributed by atoms with Crippen LogP contribution < -0.4 is 10.6 Å². The molecule has 5 nitrogen and oxygen atoms in total. The van der Waals surface area contributed by atoms with Gasteiger partial charge in [0.2, 0.25) is 11.0 Å². The molecule has 0 spiro atoms. The first-order valence-electron chi connectivity index (χ1n) is 8.44. The summed E-state index contributed by atoms with van der Waals surface area (Å²) in [5.74, 6) is 1.09. The van der Waals surface area contributed by atoms with Crippen LogP contribution in [0, 0.1) is 5.92 Å². The van der Waals surface area contributed by atoms with Gasteiger partial charge in [-0.25, -0.2) is 0 Å². The third kappa shape index (κ3) is 6.17. The number of aromatic nitrogens is 2. The van der Waals surface area contributed by atoms with Crippen LogP contribution in [0.4, 0.5) is 10.8 Å². The van der Waals surface area contributed by atoms with E-state index in [0.29, 0.717) is 21.8 Å². The molecule has 1 aromatic heterocycles. The van der Waals surface area contributed by atoms with E-state index in [-0.39, 0.29) is 5.91 Å². The Morgan fingerprint density at radius 1 is 1.28 bits per heavy atom. The molecule has 0 bridgehead atoms. The monoisotopic (exact) mass is 396 g/mol. The van der Waals surface area contributed by atoms with E-state index in [2.05, 4.69) is 20.8 Å². The average Bonchev–Trinajstić information content (AvgIpc) is 3.06. The number of carbonyl (C=O) groups excluding carboxylic acids is 1. The van der Waals surface area contributed by atoms with E-state index in [1.807, 2.05) is 24.3 Å². The topological polar surface area (TPSA) is 66.9 Å². The first-order chi connectivity index (χ1) is 12.2. The van der Waals surface area contributed by atoms with Gasteiger partial charge in [0.1, 0.15) is 0 Å². The first kappa shape index (κ1) is 18.5. The van der Waals surface area contributed by atoms with Crippen LogP contribution in [0.5, 0.6) is 0 Å². The molecule has 1 amide bonds. The summed E-state index contributed by atoms with van der Waals surface area (Å²) >= 11 is 8.81. The van der Waals surface area contributed by atoms with Gasteiger partial charge in [0, 0.05) is 17.3 Å². The summed E-state index contributed by atoms with van der Waals surface area (Å²) in [5.41, 5.74) is 0.866. The number of benzene rings is 1. The SMILES string of the molecule is O=C(CSc1nnc(Nc2cccc(Cl)c2)s1)NCC1CCCCC1. The minimum atomic E-state index is 0.0649. The zero-order valence-electron chi connectivity index (χ0n) is 13.8. The number of carbonyl (C=O) groups is 1. The van der Waals surface area contributed by atoms with Gasteiger partial charge in [-0.05, 0) is 37.0 Å². The van der Waals surface area contributed by atoms with E-state index < -0.39 is 0 Å². The van der Waals surface area contributed by atoms with Gasteiger partial charge < -0.3 is 10.6 Å². The van der Waals surface area contributed by atoms with Gasteiger partial charge in [-0.15, -0.1) is 10.2 Å². The molecule has 0 aliphatic heterocycles. The third-order valence-corrected chi connectivity index (χ3v) is 6.33. The quantitative estimate of drug-likeness (QED) is 0.662. The molecule has 3 rings (SSSR count). The molecule has 1 saturated carbocycles. The summed E-state index contributed by atoms with van der Waals surface area (Å²) in [6.07, 6.45) is 6.40. The van der Waals surface area contributed by atoms with Crippen molar-refractivity contribution < 1.29 is 4.79 Å². The van der Waals surface area contributed by atoms with Gasteiger partial charge >= 0.3 is 0 Å². The first-order valence-corrected chi connectivity index (χ1v) is 10.6. The Balaban J connectivity index is 1.41. The van der Waals surface area contributed by atoms with E-state index in [4.69, 9.17) is 11.6 Å². The molecule has 0 atom stereocenters. The highest BCUT2D eigenvalue weighted by Gasteiger charge is 2.15. The minimum absolute atomic E-state index is 0.0649. The van der Waals surface area contributed by atoms with Crippen molar-refractivity contribution in [3.8, 4) is 0 Å². The fourth-order valence-electron chi connectivity index (χ4n) is 2.84. The number of nitrogens with one attached hydrogen (secondary N) is 2. The Morgan fingerprint density at radius 2 is 2.12 bits per heavy atom. The average molecular weight is 397 g/mol. The van der Waals surface area contributed by atoms with Crippen LogP contribution in [0.1, 0.15) is 32.1 Å². The Labute approximate surface area is 161 Å². The molecule has 1 aliphatic rings. The Bertz CT molecular complexity index is 703. The van der Waals surface area contributed by atoms with Gasteiger partial charge in [-0.3, -0.25) is 4.79 Å². The van der Waals surface area contributed by atoms with Crippen molar-refractivity contribution in [1.82, 2.24) is 15.5 Å². The van der Waals surface area contributed by atoms with Gasteiger partial charge in [0.05, 0.1) is 5.75 Å². The highest BCUT2D eigenvalue weighted by Crippen LogP contribution is 2.28. The number of amides is 1. The van der Waals surface area contributed by atoms with Crippen LogP contribution >= 0.6 is 34.7 Å². The maximum Gasteiger partial charge on any atom is 0.230 e. The summed E-state index contributed by atoms with van der Waals surface area (Å²) in [5, 5.41) is 15.8. The summed E-state index contributed by atoms with van der Waals surface area (Å²) in [6.45, 7) is 0.803. The Morgan fingerprint density at radius 3 is 2.92 bits per heavy atom. The zero-order chi connectivity index (χ0) is 17.5. The second kappa shape index (κ2) is 9.40. The van der Waals surface area contributed by atoms with Crippen molar-refractivity contribution >= 4 is 51.4 Å². The second-order valence-electron chi connectivity index (χ2n) is 6.11. The molecule has 2 N–H and O–H groups in total. The van der Waals surface area contributed by atoms with Crippen LogP contribution in [0.15, 0.2) is 28.6 Å². The minimum Gasteiger partial charge on any atom is -0.355 e. The maximum atomic E-state index is 12.0. The molecule has 0 unspecified atom stereocenters. The van der Waals surface area contributed by atoms with Gasteiger partial charge in [0.15, 0.2) is 4.34 Å². The van der Waals surface area contributed by atoms with Crippen molar-refractivity contribution in [3.63, 3.8) is 0 Å². The van der Waals surface area contributed by atoms with Crippen LogP contribution in [-0.4, -0.2) is 28.4 Å². The van der Waals surface area contributed by atoms with E-state index in [1.54, 1.807) is 0 Å². The lowest BCUT2D eigenvalue weighted by Gasteiger charge is -2.21. The lowest BCUT2D eigenvalue weighted by Crippen LogP contribution is -2.31. The lowest BCUT2D eigenvalue weighted by molar-refractivity contribution is -0.118. The molecule has 1 aliphatic carbocycles. The molecule has 0 radical (unpaired) electrons. The van der Waals surface area contributed by atoms with Crippen LogP contribution in [0.3, 0.4) is 0 Å². The number of halogens is 1.